The van der Waals surface area contributed by atoms with Gasteiger partial charge in [-0.3, -0.25) is 4.79 Å². The molecule has 0 atom stereocenters. The maximum Gasteiger partial charge on any atom is 0.574 e. The number of hydrogen-bond acceptors (Lipinski definition) is 4. The summed E-state index contributed by atoms with van der Waals surface area (Å²) in [4.78, 5) is 10.9. The molecule has 0 unspecified atom stereocenters. The van der Waals surface area contributed by atoms with Crippen molar-refractivity contribution in [2.24, 2.45) is 0 Å². The molecule has 8 heteroatoms. The Kier molecular flexibility index (Phi) is 3.25. The third-order valence-corrected chi connectivity index (χ3v) is 2.04. The second kappa shape index (κ2) is 4.19. The van der Waals surface area contributed by atoms with E-state index in [1.165, 1.54) is 13.8 Å². The van der Waals surface area contributed by atoms with Crippen molar-refractivity contribution in [3.63, 3.8) is 0 Å². The lowest BCUT2D eigenvalue weighted by atomic mass is 9.89. The summed E-state index contributed by atoms with van der Waals surface area (Å²) in [6, 6.07) is 2.04. The maximum absolute atomic E-state index is 11.8. The number of ether oxygens (including phenoxy) is 1. The summed E-state index contributed by atoms with van der Waals surface area (Å²) >= 11 is 0. The number of carboxylic acids is 1. The predicted molar refractivity (Wildman–Crippen MR) is 49.4 cm³/mol. The molecule has 1 heterocycles. The Hall–Kier alpha value is -1.86. The van der Waals surface area contributed by atoms with Crippen LogP contribution in [0.2, 0.25) is 0 Å². The van der Waals surface area contributed by atoms with Gasteiger partial charge in [-0.05, 0) is 19.9 Å². The fraction of sp³-hybridized carbons (Fsp3) is 0.444. The molecular weight excluding hydrogens is 241 g/mol. The molecule has 0 spiro atoms. The Bertz CT molecular complexity index is 414. The van der Waals surface area contributed by atoms with Crippen molar-refractivity contribution in [2.75, 3.05) is 0 Å². The van der Waals surface area contributed by atoms with Gasteiger partial charge in [0.15, 0.2) is 0 Å². The number of hydrogen-bond donors (Lipinski definition) is 1. The van der Waals surface area contributed by atoms with Crippen molar-refractivity contribution < 1.29 is 27.8 Å². The Morgan fingerprint density at radius 2 is 1.88 bits per heavy atom. The maximum atomic E-state index is 11.8. The summed E-state index contributed by atoms with van der Waals surface area (Å²) in [7, 11) is 0. The molecule has 0 fully saturated rings. The first-order chi connectivity index (χ1) is 7.63. The molecule has 0 saturated carbocycles. The van der Waals surface area contributed by atoms with Crippen LogP contribution in [0.5, 0.6) is 5.88 Å². The lowest BCUT2D eigenvalue weighted by Gasteiger charge is -2.17. The second-order valence-corrected chi connectivity index (χ2v) is 3.73. The Morgan fingerprint density at radius 3 is 2.24 bits per heavy atom. The highest BCUT2D eigenvalue weighted by Crippen LogP contribution is 2.24. The van der Waals surface area contributed by atoms with E-state index in [4.69, 9.17) is 5.11 Å². The van der Waals surface area contributed by atoms with Gasteiger partial charge in [0.05, 0.1) is 5.69 Å². The van der Waals surface area contributed by atoms with E-state index >= 15 is 0 Å². The van der Waals surface area contributed by atoms with Crippen LogP contribution in [0, 0.1) is 0 Å². The second-order valence-electron chi connectivity index (χ2n) is 3.73. The van der Waals surface area contributed by atoms with Gasteiger partial charge in [0, 0.05) is 6.07 Å². The molecule has 17 heavy (non-hydrogen) atoms. The molecule has 94 valence electrons. The average Bonchev–Trinajstić information content (AvgIpc) is 2.15. The van der Waals surface area contributed by atoms with E-state index in [0.717, 1.165) is 12.1 Å². The van der Waals surface area contributed by atoms with E-state index in [1.54, 1.807) is 0 Å². The first kappa shape index (κ1) is 13.2. The number of alkyl halides is 3. The van der Waals surface area contributed by atoms with Gasteiger partial charge in [-0.1, -0.05) is 0 Å². The third-order valence-electron chi connectivity index (χ3n) is 2.04. The third kappa shape index (κ3) is 3.30. The monoisotopic (exact) mass is 250 g/mol. The molecule has 1 aromatic rings. The molecule has 0 aliphatic rings. The van der Waals surface area contributed by atoms with Crippen LogP contribution in [-0.4, -0.2) is 27.6 Å². The van der Waals surface area contributed by atoms with Gasteiger partial charge in [-0.25, -0.2) is 0 Å². The summed E-state index contributed by atoms with van der Waals surface area (Å²) in [6.45, 7) is 2.73. The molecule has 5 nitrogen and oxygen atoms in total. The molecule has 0 bridgehead atoms. The summed E-state index contributed by atoms with van der Waals surface area (Å²) < 4.78 is 39.0. The quantitative estimate of drug-likeness (QED) is 0.884. The van der Waals surface area contributed by atoms with Crippen molar-refractivity contribution in [3.05, 3.63) is 17.8 Å². The van der Waals surface area contributed by atoms with E-state index in [0.29, 0.717) is 0 Å². The minimum Gasteiger partial charge on any atom is -0.481 e. The molecular formula is C9H9F3N2O3. The Morgan fingerprint density at radius 1 is 1.29 bits per heavy atom. The van der Waals surface area contributed by atoms with Crippen LogP contribution in [0.4, 0.5) is 13.2 Å². The number of carbonyl (C=O) groups is 1. The number of aromatic nitrogens is 2. The van der Waals surface area contributed by atoms with Gasteiger partial charge < -0.3 is 9.84 Å². The molecule has 0 saturated heterocycles. The van der Waals surface area contributed by atoms with Gasteiger partial charge in [-0.2, -0.15) is 5.10 Å². The zero-order valence-corrected chi connectivity index (χ0v) is 8.95. The molecule has 0 aliphatic carbocycles. The highest BCUT2D eigenvalue weighted by molar-refractivity contribution is 5.79. The van der Waals surface area contributed by atoms with Crippen molar-refractivity contribution in [3.8, 4) is 5.88 Å². The molecule has 1 rings (SSSR count). The average molecular weight is 250 g/mol. The number of aliphatic carboxylic acids is 1. The molecule has 0 aromatic carbocycles. The SMILES string of the molecule is CC(C)(C(=O)O)c1ccc(OC(F)(F)F)nn1. The fourth-order valence-corrected chi connectivity index (χ4v) is 0.936. The first-order valence-corrected chi connectivity index (χ1v) is 4.46. The summed E-state index contributed by atoms with van der Waals surface area (Å²) in [5.41, 5.74) is -1.29. The van der Waals surface area contributed by atoms with Crippen LogP contribution in [-0.2, 0) is 10.2 Å². The summed E-state index contributed by atoms with van der Waals surface area (Å²) in [6.07, 6.45) is -4.85. The molecule has 0 amide bonds. The molecule has 1 aromatic heterocycles. The fourth-order valence-electron chi connectivity index (χ4n) is 0.936. The number of rotatable bonds is 3. The van der Waals surface area contributed by atoms with E-state index in [9.17, 15) is 18.0 Å². The number of carboxylic acid groups (broad SMARTS) is 1. The number of nitrogens with zero attached hydrogens (tertiary/aromatic N) is 2. The predicted octanol–water partition coefficient (Wildman–Crippen LogP) is 1.74. The van der Waals surface area contributed by atoms with Crippen molar-refractivity contribution in [2.45, 2.75) is 25.6 Å². The smallest absolute Gasteiger partial charge is 0.481 e. The van der Waals surface area contributed by atoms with Crippen molar-refractivity contribution >= 4 is 5.97 Å². The Balaban J connectivity index is 2.93. The summed E-state index contributed by atoms with van der Waals surface area (Å²) in [5, 5.41) is 15.4. The summed E-state index contributed by atoms with van der Waals surface area (Å²) in [5.74, 6) is -1.89. The van der Waals surface area contributed by atoms with Crippen LogP contribution in [0.3, 0.4) is 0 Å². The minimum absolute atomic E-state index is 0.0412. The van der Waals surface area contributed by atoms with E-state index in [-0.39, 0.29) is 5.69 Å². The lowest BCUT2D eigenvalue weighted by molar-refractivity contribution is -0.276. The standard InChI is InChI=1S/C9H9F3N2O3/c1-8(2,7(15)16)5-3-4-6(14-13-5)17-9(10,11)12/h3-4H,1-2H3,(H,15,16). The lowest BCUT2D eigenvalue weighted by Crippen LogP contribution is -2.30. The molecule has 0 radical (unpaired) electrons. The van der Waals surface area contributed by atoms with Crippen LogP contribution in [0.15, 0.2) is 12.1 Å². The van der Waals surface area contributed by atoms with Gasteiger partial charge in [0.25, 0.3) is 0 Å². The minimum atomic E-state index is -4.85. The van der Waals surface area contributed by atoms with Gasteiger partial charge in [-0.15, -0.1) is 18.3 Å². The largest absolute Gasteiger partial charge is 0.574 e. The van der Waals surface area contributed by atoms with Crippen LogP contribution >= 0.6 is 0 Å². The Labute approximate surface area is 94.2 Å². The molecule has 0 aliphatic heterocycles. The van der Waals surface area contributed by atoms with Gasteiger partial charge >= 0.3 is 12.3 Å². The zero-order valence-electron chi connectivity index (χ0n) is 8.95. The van der Waals surface area contributed by atoms with Gasteiger partial charge in [0.1, 0.15) is 5.41 Å². The van der Waals surface area contributed by atoms with E-state index in [1.807, 2.05) is 0 Å². The topological polar surface area (TPSA) is 72.3 Å². The van der Waals surface area contributed by atoms with E-state index in [2.05, 4.69) is 14.9 Å². The number of halogens is 3. The van der Waals surface area contributed by atoms with Crippen LogP contribution in [0.25, 0.3) is 0 Å². The van der Waals surface area contributed by atoms with Crippen molar-refractivity contribution in [1.82, 2.24) is 10.2 Å². The molecule has 1 N–H and O–H groups in total. The van der Waals surface area contributed by atoms with Crippen LogP contribution < -0.4 is 4.74 Å². The zero-order chi connectivity index (χ0) is 13.3. The normalized spacial score (nSPS) is 12.3. The highest BCUT2D eigenvalue weighted by Gasteiger charge is 2.34. The van der Waals surface area contributed by atoms with Crippen molar-refractivity contribution in [1.29, 1.82) is 0 Å². The van der Waals surface area contributed by atoms with Crippen LogP contribution in [0.1, 0.15) is 19.5 Å². The van der Waals surface area contributed by atoms with Gasteiger partial charge in [0.2, 0.25) is 5.88 Å². The van der Waals surface area contributed by atoms with E-state index < -0.39 is 23.6 Å². The first-order valence-electron chi connectivity index (χ1n) is 4.46. The highest BCUT2D eigenvalue weighted by atomic mass is 19.4.